The predicted octanol–water partition coefficient (Wildman–Crippen LogP) is 2.62. The lowest BCUT2D eigenvalue weighted by atomic mass is 10.1. The van der Waals surface area contributed by atoms with Gasteiger partial charge in [-0.2, -0.15) is 0 Å². The molecule has 0 aliphatic heterocycles. The molecule has 0 radical (unpaired) electrons. The fourth-order valence-corrected chi connectivity index (χ4v) is 1.54. The van der Waals surface area contributed by atoms with E-state index in [-0.39, 0.29) is 5.91 Å². The smallest absolute Gasteiger partial charge is 0.258 e. The molecule has 1 aromatic heterocycles. The van der Waals surface area contributed by atoms with E-state index in [1.807, 2.05) is 0 Å². The summed E-state index contributed by atoms with van der Waals surface area (Å²) >= 11 is 5.94. The molecule has 0 bridgehead atoms. The lowest BCUT2D eigenvalue weighted by Crippen LogP contribution is -2.14. The van der Waals surface area contributed by atoms with Crippen LogP contribution in [0.3, 0.4) is 0 Å². The number of halogens is 1. The number of H-pyrrole nitrogens is 1. The third-order valence-electron chi connectivity index (χ3n) is 2.24. The first-order valence-electron chi connectivity index (χ1n) is 4.74. The number of benzene rings is 1. The molecular formula is C11H10ClN3O. The van der Waals surface area contributed by atoms with E-state index in [4.69, 9.17) is 11.6 Å². The first-order valence-corrected chi connectivity index (χ1v) is 5.12. The normalized spacial score (nSPS) is 10.1. The molecule has 1 aromatic carbocycles. The quantitative estimate of drug-likeness (QED) is 0.841. The summed E-state index contributed by atoms with van der Waals surface area (Å²) in [6.45, 7) is 1.80. The molecule has 2 rings (SSSR count). The lowest BCUT2D eigenvalue weighted by Gasteiger charge is -2.06. The highest BCUT2D eigenvalue weighted by molar-refractivity contribution is 6.32. The zero-order valence-electron chi connectivity index (χ0n) is 8.62. The monoisotopic (exact) mass is 235 g/mol. The molecule has 0 spiro atoms. The molecule has 2 aromatic rings. The number of hydrogen-bond acceptors (Lipinski definition) is 2. The number of nitrogens with zero attached hydrogens (tertiary/aromatic N) is 1. The topological polar surface area (TPSA) is 57.8 Å². The third kappa shape index (κ3) is 2.06. The molecule has 0 fully saturated rings. The lowest BCUT2D eigenvalue weighted by molar-refractivity contribution is 0.102. The standard InChI is InChI=1S/C11H10ClN3O/c1-7-8(3-2-4-9(7)12)10(16)15-11-13-5-6-14-11/h2-6H,1H3,(H2,13,14,15,16). The average molecular weight is 236 g/mol. The van der Waals surface area contributed by atoms with Crippen molar-refractivity contribution in [3.63, 3.8) is 0 Å². The largest absolute Gasteiger partial charge is 0.331 e. The van der Waals surface area contributed by atoms with Crippen LogP contribution < -0.4 is 5.32 Å². The molecule has 1 heterocycles. The number of amides is 1. The van der Waals surface area contributed by atoms with Gasteiger partial charge in [-0.1, -0.05) is 17.7 Å². The minimum absolute atomic E-state index is 0.227. The van der Waals surface area contributed by atoms with Crippen LogP contribution in [-0.4, -0.2) is 15.9 Å². The van der Waals surface area contributed by atoms with Crippen molar-refractivity contribution in [2.75, 3.05) is 5.32 Å². The van der Waals surface area contributed by atoms with Crippen LogP contribution in [0.15, 0.2) is 30.6 Å². The number of hydrogen-bond donors (Lipinski definition) is 2. The molecule has 2 N–H and O–H groups in total. The average Bonchev–Trinajstić information content (AvgIpc) is 2.74. The van der Waals surface area contributed by atoms with Crippen LogP contribution in [0.2, 0.25) is 5.02 Å². The Morgan fingerprint density at radius 1 is 1.50 bits per heavy atom. The number of imidazole rings is 1. The highest BCUT2D eigenvalue weighted by atomic mass is 35.5. The number of aromatic nitrogens is 2. The van der Waals surface area contributed by atoms with Crippen LogP contribution >= 0.6 is 11.6 Å². The van der Waals surface area contributed by atoms with Gasteiger partial charge < -0.3 is 4.98 Å². The van der Waals surface area contributed by atoms with Crippen LogP contribution in [0.4, 0.5) is 5.95 Å². The van der Waals surface area contributed by atoms with E-state index in [1.165, 1.54) is 0 Å². The maximum absolute atomic E-state index is 11.9. The molecule has 82 valence electrons. The Bertz CT molecular complexity index is 508. The van der Waals surface area contributed by atoms with Crippen LogP contribution in [0.1, 0.15) is 15.9 Å². The van der Waals surface area contributed by atoms with Gasteiger partial charge in [0.1, 0.15) is 0 Å². The number of aromatic amines is 1. The Balaban J connectivity index is 2.24. The van der Waals surface area contributed by atoms with Gasteiger partial charge in [0.2, 0.25) is 5.95 Å². The van der Waals surface area contributed by atoms with Crippen LogP contribution in [-0.2, 0) is 0 Å². The zero-order chi connectivity index (χ0) is 11.5. The Morgan fingerprint density at radius 3 is 3.00 bits per heavy atom. The summed E-state index contributed by atoms with van der Waals surface area (Å²) in [5.74, 6) is 0.194. The minimum atomic E-state index is -0.227. The fourth-order valence-electron chi connectivity index (χ4n) is 1.36. The number of carbonyl (C=O) groups is 1. The molecule has 5 heteroatoms. The van der Waals surface area contributed by atoms with Gasteiger partial charge in [-0.25, -0.2) is 4.98 Å². The highest BCUT2D eigenvalue weighted by Crippen LogP contribution is 2.19. The van der Waals surface area contributed by atoms with Crippen molar-refractivity contribution in [1.82, 2.24) is 9.97 Å². The van der Waals surface area contributed by atoms with Crippen molar-refractivity contribution >= 4 is 23.5 Å². The summed E-state index contributed by atoms with van der Waals surface area (Å²) in [5, 5.41) is 3.22. The third-order valence-corrected chi connectivity index (χ3v) is 2.65. The van der Waals surface area contributed by atoms with Crippen molar-refractivity contribution in [2.45, 2.75) is 6.92 Å². The van der Waals surface area contributed by atoms with Crippen molar-refractivity contribution in [3.8, 4) is 0 Å². The van der Waals surface area contributed by atoms with Gasteiger partial charge in [0.05, 0.1) is 0 Å². The molecule has 0 saturated heterocycles. The minimum Gasteiger partial charge on any atom is -0.331 e. The van der Waals surface area contributed by atoms with Gasteiger partial charge in [-0.15, -0.1) is 0 Å². The number of nitrogens with one attached hydrogen (secondary N) is 2. The SMILES string of the molecule is Cc1c(Cl)cccc1C(=O)Nc1ncc[nH]1. The van der Waals surface area contributed by atoms with Crippen molar-refractivity contribution in [2.24, 2.45) is 0 Å². The zero-order valence-corrected chi connectivity index (χ0v) is 9.38. The van der Waals surface area contributed by atoms with Gasteiger partial charge in [0.25, 0.3) is 5.91 Å². The van der Waals surface area contributed by atoms with Gasteiger partial charge in [-0.3, -0.25) is 10.1 Å². The predicted molar refractivity (Wildman–Crippen MR) is 62.7 cm³/mol. The molecule has 4 nitrogen and oxygen atoms in total. The molecular weight excluding hydrogens is 226 g/mol. The van der Waals surface area contributed by atoms with E-state index in [0.717, 1.165) is 5.56 Å². The number of anilines is 1. The second-order valence-electron chi connectivity index (χ2n) is 3.30. The first-order chi connectivity index (χ1) is 7.68. The summed E-state index contributed by atoms with van der Waals surface area (Å²) in [4.78, 5) is 18.6. The molecule has 1 amide bonds. The van der Waals surface area contributed by atoms with Crippen LogP contribution in [0.25, 0.3) is 0 Å². The van der Waals surface area contributed by atoms with E-state index in [0.29, 0.717) is 16.5 Å². The van der Waals surface area contributed by atoms with E-state index >= 15 is 0 Å². The van der Waals surface area contributed by atoms with E-state index in [1.54, 1.807) is 37.5 Å². The van der Waals surface area contributed by atoms with Gasteiger partial charge in [0.15, 0.2) is 0 Å². The maximum atomic E-state index is 11.9. The second kappa shape index (κ2) is 4.37. The molecule has 0 atom stereocenters. The Hall–Kier alpha value is -1.81. The summed E-state index contributed by atoms with van der Waals surface area (Å²) < 4.78 is 0. The first kappa shape index (κ1) is 10.7. The Kier molecular flexibility index (Phi) is 2.92. The van der Waals surface area contributed by atoms with Gasteiger partial charge in [0, 0.05) is 23.0 Å². The molecule has 0 saturated carbocycles. The molecule has 0 aliphatic carbocycles. The molecule has 0 aliphatic rings. The summed E-state index contributed by atoms with van der Waals surface area (Å²) in [6, 6.07) is 5.21. The fraction of sp³-hybridized carbons (Fsp3) is 0.0909. The summed E-state index contributed by atoms with van der Waals surface area (Å²) in [6.07, 6.45) is 3.21. The Labute approximate surface area is 97.7 Å². The molecule has 16 heavy (non-hydrogen) atoms. The van der Waals surface area contributed by atoms with Crippen LogP contribution in [0.5, 0.6) is 0 Å². The number of rotatable bonds is 2. The molecule has 0 unspecified atom stereocenters. The van der Waals surface area contributed by atoms with E-state index < -0.39 is 0 Å². The Morgan fingerprint density at radius 2 is 2.31 bits per heavy atom. The maximum Gasteiger partial charge on any atom is 0.258 e. The van der Waals surface area contributed by atoms with E-state index in [2.05, 4.69) is 15.3 Å². The highest BCUT2D eigenvalue weighted by Gasteiger charge is 2.11. The second-order valence-corrected chi connectivity index (χ2v) is 3.71. The van der Waals surface area contributed by atoms with Gasteiger partial charge >= 0.3 is 0 Å². The summed E-state index contributed by atoms with van der Waals surface area (Å²) in [5.41, 5.74) is 1.30. The summed E-state index contributed by atoms with van der Waals surface area (Å²) in [7, 11) is 0. The van der Waals surface area contributed by atoms with Crippen molar-refractivity contribution < 1.29 is 4.79 Å². The van der Waals surface area contributed by atoms with Crippen molar-refractivity contribution in [3.05, 3.63) is 46.7 Å². The van der Waals surface area contributed by atoms with Gasteiger partial charge in [-0.05, 0) is 24.6 Å². The van der Waals surface area contributed by atoms with Crippen molar-refractivity contribution in [1.29, 1.82) is 0 Å². The van der Waals surface area contributed by atoms with Crippen LogP contribution in [0, 0.1) is 6.92 Å². The van der Waals surface area contributed by atoms with E-state index in [9.17, 15) is 4.79 Å². The number of carbonyl (C=O) groups excluding carboxylic acids is 1.